The van der Waals surface area contributed by atoms with Crippen molar-refractivity contribution in [2.45, 2.75) is 52.7 Å². The van der Waals surface area contributed by atoms with Crippen LogP contribution in [0.3, 0.4) is 0 Å². The fraction of sp³-hybridized carbons (Fsp3) is 0.929. The van der Waals surface area contributed by atoms with E-state index in [9.17, 15) is 4.79 Å². The molecular formula is C14H28N2O2. The van der Waals surface area contributed by atoms with Crippen molar-refractivity contribution in [3.8, 4) is 0 Å². The van der Waals surface area contributed by atoms with Crippen molar-refractivity contribution < 1.29 is 9.53 Å². The van der Waals surface area contributed by atoms with Crippen LogP contribution in [0.5, 0.6) is 0 Å². The minimum absolute atomic E-state index is 0.122. The maximum Gasteiger partial charge on any atom is 0.248 e. The van der Waals surface area contributed by atoms with Crippen LogP contribution in [0.15, 0.2) is 0 Å². The van der Waals surface area contributed by atoms with Gasteiger partial charge in [-0.3, -0.25) is 4.79 Å². The molecule has 0 aliphatic carbocycles. The highest BCUT2D eigenvalue weighted by Gasteiger charge is 2.20. The second kappa shape index (κ2) is 7.74. The zero-order valence-electron chi connectivity index (χ0n) is 12.2. The normalized spacial score (nSPS) is 17.4. The molecule has 4 heteroatoms. The molecule has 0 spiro atoms. The molecule has 0 atom stereocenters. The summed E-state index contributed by atoms with van der Waals surface area (Å²) in [4.78, 5) is 14.1. The first-order valence-electron chi connectivity index (χ1n) is 7.12. The molecular weight excluding hydrogens is 228 g/mol. The van der Waals surface area contributed by atoms with Gasteiger partial charge in [-0.15, -0.1) is 0 Å². The van der Waals surface area contributed by atoms with Gasteiger partial charge < -0.3 is 15.0 Å². The van der Waals surface area contributed by atoms with Gasteiger partial charge in [0.15, 0.2) is 0 Å². The lowest BCUT2D eigenvalue weighted by Crippen LogP contribution is -2.43. The van der Waals surface area contributed by atoms with Gasteiger partial charge in [-0.1, -0.05) is 13.8 Å². The van der Waals surface area contributed by atoms with Crippen LogP contribution in [0, 0.1) is 5.92 Å². The number of nitrogens with one attached hydrogen (secondary N) is 1. The lowest BCUT2D eigenvalue weighted by molar-refractivity contribution is -0.141. The van der Waals surface area contributed by atoms with E-state index >= 15 is 0 Å². The Morgan fingerprint density at radius 1 is 1.28 bits per heavy atom. The van der Waals surface area contributed by atoms with Crippen LogP contribution in [0.1, 0.15) is 40.5 Å². The second-order valence-corrected chi connectivity index (χ2v) is 5.79. The van der Waals surface area contributed by atoms with Gasteiger partial charge in [0.1, 0.15) is 6.61 Å². The maximum absolute atomic E-state index is 12.1. The third-order valence-electron chi connectivity index (χ3n) is 3.23. The zero-order chi connectivity index (χ0) is 13.5. The van der Waals surface area contributed by atoms with Gasteiger partial charge in [0.2, 0.25) is 5.91 Å². The summed E-state index contributed by atoms with van der Waals surface area (Å²) < 4.78 is 5.73. The highest BCUT2D eigenvalue weighted by atomic mass is 16.5. The van der Waals surface area contributed by atoms with Crippen molar-refractivity contribution in [1.82, 2.24) is 10.2 Å². The molecule has 0 radical (unpaired) electrons. The lowest BCUT2D eigenvalue weighted by atomic mass is 10.1. The fourth-order valence-corrected chi connectivity index (χ4v) is 2.23. The summed E-state index contributed by atoms with van der Waals surface area (Å²) in [5, 5.41) is 3.29. The summed E-state index contributed by atoms with van der Waals surface area (Å²) in [6.07, 6.45) is 2.28. The van der Waals surface area contributed by atoms with E-state index in [1.165, 1.54) is 0 Å². The maximum atomic E-state index is 12.1. The molecule has 1 saturated heterocycles. The van der Waals surface area contributed by atoms with Crippen molar-refractivity contribution >= 4 is 5.91 Å². The fourth-order valence-electron chi connectivity index (χ4n) is 2.23. The summed E-state index contributed by atoms with van der Waals surface area (Å²) in [5.74, 6) is 0.618. The zero-order valence-corrected chi connectivity index (χ0v) is 12.2. The van der Waals surface area contributed by atoms with Crippen molar-refractivity contribution in [3.63, 3.8) is 0 Å². The Morgan fingerprint density at radius 3 is 2.39 bits per heavy atom. The molecule has 0 bridgehead atoms. The number of hydrogen-bond acceptors (Lipinski definition) is 3. The first-order chi connectivity index (χ1) is 8.50. The molecule has 0 unspecified atom stereocenters. The summed E-state index contributed by atoms with van der Waals surface area (Å²) in [6, 6.07) is 0.247. The Hall–Kier alpha value is -0.610. The summed E-state index contributed by atoms with van der Waals surface area (Å²) >= 11 is 0. The molecule has 4 nitrogen and oxygen atoms in total. The monoisotopic (exact) mass is 256 g/mol. The number of piperidine rings is 1. The second-order valence-electron chi connectivity index (χ2n) is 5.79. The topological polar surface area (TPSA) is 41.6 Å². The quantitative estimate of drug-likeness (QED) is 0.785. The molecule has 0 aromatic heterocycles. The first kappa shape index (κ1) is 15.4. The Bertz CT molecular complexity index is 248. The Morgan fingerprint density at radius 2 is 1.89 bits per heavy atom. The molecule has 1 rings (SSSR count). The van der Waals surface area contributed by atoms with Crippen LogP contribution in [-0.4, -0.2) is 49.2 Å². The predicted molar refractivity (Wildman–Crippen MR) is 73.5 cm³/mol. The van der Waals surface area contributed by atoms with E-state index in [1.807, 2.05) is 4.90 Å². The smallest absolute Gasteiger partial charge is 0.248 e. The molecule has 1 amide bonds. The number of carbonyl (C=O) groups excluding carboxylic acids is 1. The van der Waals surface area contributed by atoms with E-state index in [2.05, 4.69) is 33.0 Å². The number of hydrogen-bond donors (Lipinski definition) is 1. The van der Waals surface area contributed by atoms with Gasteiger partial charge in [0.25, 0.3) is 0 Å². The van der Waals surface area contributed by atoms with Gasteiger partial charge in [-0.25, -0.2) is 0 Å². The number of rotatable bonds is 6. The minimum atomic E-state index is 0.122. The molecule has 18 heavy (non-hydrogen) atoms. The molecule has 1 N–H and O–H groups in total. The van der Waals surface area contributed by atoms with Crippen LogP contribution in [0.4, 0.5) is 0 Å². The molecule has 1 fully saturated rings. The van der Waals surface area contributed by atoms with Crippen LogP contribution >= 0.6 is 0 Å². The highest BCUT2D eigenvalue weighted by molar-refractivity contribution is 5.77. The van der Waals surface area contributed by atoms with E-state index in [4.69, 9.17) is 4.74 Å². The minimum Gasteiger partial charge on any atom is -0.368 e. The third-order valence-corrected chi connectivity index (χ3v) is 3.23. The van der Waals surface area contributed by atoms with Crippen molar-refractivity contribution in [2.75, 3.05) is 26.2 Å². The van der Waals surface area contributed by atoms with E-state index in [0.717, 1.165) is 32.5 Å². The Kier molecular flexibility index (Phi) is 6.65. The average molecular weight is 256 g/mol. The van der Waals surface area contributed by atoms with Gasteiger partial charge >= 0.3 is 0 Å². The standard InChI is InChI=1S/C14H28N2O2/c1-11(2)9-16(12(3)4)14(17)10-18-13-5-7-15-8-6-13/h11-13,15H,5-10H2,1-4H3. The Labute approximate surface area is 111 Å². The first-order valence-corrected chi connectivity index (χ1v) is 7.12. The highest BCUT2D eigenvalue weighted by Crippen LogP contribution is 2.09. The molecule has 0 aromatic rings. The van der Waals surface area contributed by atoms with Crippen LogP contribution in [0.25, 0.3) is 0 Å². The number of ether oxygens (including phenoxy) is 1. The van der Waals surface area contributed by atoms with Gasteiger partial charge in [0, 0.05) is 12.6 Å². The lowest BCUT2D eigenvalue weighted by Gasteiger charge is -2.30. The third kappa shape index (κ3) is 5.36. The van der Waals surface area contributed by atoms with E-state index in [-0.39, 0.29) is 24.7 Å². The largest absolute Gasteiger partial charge is 0.368 e. The van der Waals surface area contributed by atoms with E-state index in [1.54, 1.807) is 0 Å². The van der Waals surface area contributed by atoms with E-state index < -0.39 is 0 Å². The van der Waals surface area contributed by atoms with Crippen molar-refractivity contribution in [1.29, 1.82) is 0 Å². The average Bonchev–Trinajstić information content (AvgIpc) is 2.34. The Balaban J connectivity index is 2.35. The molecule has 0 aromatic carbocycles. The number of nitrogens with zero attached hydrogens (tertiary/aromatic N) is 1. The van der Waals surface area contributed by atoms with Crippen LogP contribution in [-0.2, 0) is 9.53 Å². The number of carbonyl (C=O) groups is 1. The van der Waals surface area contributed by atoms with Crippen LogP contribution in [0.2, 0.25) is 0 Å². The van der Waals surface area contributed by atoms with Crippen molar-refractivity contribution in [2.24, 2.45) is 5.92 Å². The molecule has 1 heterocycles. The molecule has 106 valence electrons. The van der Waals surface area contributed by atoms with Gasteiger partial charge in [-0.2, -0.15) is 0 Å². The van der Waals surface area contributed by atoms with E-state index in [0.29, 0.717) is 5.92 Å². The van der Waals surface area contributed by atoms with Crippen LogP contribution < -0.4 is 5.32 Å². The predicted octanol–water partition coefficient (Wildman–Crippen LogP) is 1.65. The summed E-state index contributed by atoms with van der Waals surface area (Å²) in [6.45, 7) is 11.4. The molecule has 1 aliphatic rings. The SMILES string of the molecule is CC(C)CN(C(=O)COC1CCNCC1)C(C)C. The van der Waals surface area contributed by atoms with Gasteiger partial charge in [0.05, 0.1) is 6.10 Å². The number of amides is 1. The molecule has 1 aliphatic heterocycles. The van der Waals surface area contributed by atoms with Crippen molar-refractivity contribution in [3.05, 3.63) is 0 Å². The van der Waals surface area contributed by atoms with Gasteiger partial charge in [-0.05, 0) is 45.7 Å². The summed E-state index contributed by atoms with van der Waals surface area (Å²) in [5.41, 5.74) is 0. The summed E-state index contributed by atoms with van der Waals surface area (Å²) in [7, 11) is 0. The molecule has 0 saturated carbocycles.